The third-order valence-corrected chi connectivity index (χ3v) is 3.86. The molecule has 0 bridgehead atoms. The zero-order valence-electron chi connectivity index (χ0n) is 12.6. The minimum Gasteiger partial charge on any atom is -0.457 e. The van der Waals surface area contributed by atoms with E-state index in [9.17, 15) is 14.0 Å². The molecule has 120 valence electrons. The second-order valence-electron chi connectivity index (χ2n) is 5.45. The summed E-state index contributed by atoms with van der Waals surface area (Å²) in [4.78, 5) is 25.3. The number of halogens is 1. The zero-order valence-corrected chi connectivity index (χ0v) is 12.6. The number of ether oxygens (including phenoxy) is 1. The van der Waals surface area contributed by atoms with E-state index in [-0.39, 0.29) is 23.4 Å². The number of aromatic amines is 1. The van der Waals surface area contributed by atoms with Crippen molar-refractivity contribution < 1.29 is 18.7 Å². The van der Waals surface area contributed by atoms with Gasteiger partial charge in [0.05, 0.1) is 18.4 Å². The van der Waals surface area contributed by atoms with Gasteiger partial charge in [0.15, 0.2) is 0 Å². The van der Waals surface area contributed by atoms with Gasteiger partial charge >= 0.3 is 5.97 Å². The Morgan fingerprint density at radius 2 is 2.09 bits per heavy atom. The first-order chi connectivity index (χ1) is 11.0. The van der Waals surface area contributed by atoms with Crippen molar-refractivity contribution in [2.45, 2.75) is 19.4 Å². The number of hydrogen-bond acceptors (Lipinski definition) is 4. The number of carbonyl (C=O) groups excluding carboxylic acids is 2. The predicted molar refractivity (Wildman–Crippen MR) is 80.1 cm³/mol. The molecule has 7 heteroatoms. The van der Waals surface area contributed by atoms with E-state index in [0.29, 0.717) is 30.8 Å². The van der Waals surface area contributed by atoms with Gasteiger partial charge in [-0.15, -0.1) is 0 Å². The molecule has 1 aliphatic rings. The fourth-order valence-corrected chi connectivity index (χ4v) is 2.60. The van der Waals surface area contributed by atoms with E-state index in [4.69, 9.17) is 4.74 Å². The Morgan fingerprint density at radius 3 is 2.74 bits per heavy atom. The summed E-state index contributed by atoms with van der Waals surface area (Å²) in [6.45, 7) is 2.49. The number of H-pyrrole nitrogens is 1. The number of nitrogens with one attached hydrogen (secondary N) is 1. The van der Waals surface area contributed by atoms with Crippen LogP contribution in [-0.4, -0.2) is 46.2 Å². The molecule has 1 fully saturated rings. The Kier molecular flexibility index (Phi) is 4.10. The van der Waals surface area contributed by atoms with Crippen LogP contribution in [0.5, 0.6) is 0 Å². The summed E-state index contributed by atoms with van der Waals surface area (Å²) in [6.07, 6.45) is 1.69. The van der Waals surface area contributed by atoms with E-state index in [1.807, 2.05) is 0 Å². The minimum absolute atomic E-state index is 0.0288. The van der Waals surface area contributed by atoms with Crippen LogP contribution in [0.4, 0.5) is 4.39 Å². The molecule has 0 radical (unpaired) electrons. The second kappa shape index (κ2) is 6.20. The molecular weight excluding hydrogens is 301 g/mol. The van der Waals surface area contributed by atoms with Crippen LogP contribution in [0, 0.1) is 5.82 Å². The lowest BCUT2D eigenvalue weighted by atomic mass is 10.1. The average Bonchev–Trinajstić information content (AvgIpc) is 3.16. The zero-order chi connectivity index (χ0) is 16.4. The van der Waals surface area contributed by atoms with Gasteiger partial charge < -0.3 is 9.64 Å². The molecule has 2 aromatic rings. The molecule has 0 aliphatic carbocycles. The van der Waals surface area contributed by atoms with Crippen molar-refractivity contribution in [3.8, 4) is 11.3 Å². The van der Waals surface area contributed by atoms with Gasteiger partial charge in [-0.05, 0) is 24.3 Å². The number of esters is 1. The summed E-state index contributed by atoms with van der Waals surface area (Å²) in [7, 11) is 0. The molecule has 1 aromatic heterocycles. The van der Waals surface area contributed by atoms with E-state index < -0.39 is 5.97 Å². The highest BCUT2D eigenvalue weighted by Crippen LogP contribution is 2.23. The third kappa shape index (κ3) is 3.23. The Bertz CT molecular complexity index is 726. The van der Waals surface area contributed by atoms with Crippen LogP contribution in [0.1, 0.15) is 23.7 Å². The van der Waals surface area contributed by atoms with Gasteiger partial charge in [0.25, 0.3) is 0 Å². The summed E-state index contributed by atoms with van der Waals surface area (Å²) in [5.41, 5.74) is 1.42. The molecule has 0 saturated carbocycles. The van der Waals surface area contributed by atoms with E-state index in [2.05, 4.69) is 10.2 Å². The molecule has 6 nitrogen and oxygen atoms in total. The normalized spacial score (nSPS) is 17.3. The molecule has 3 rings (SSSR count). The van der Waals surface area contributed by atoms with Gasteiger partial charge in [-0.3, -0.25) is 9.89 Å². The number of hydrogen-bond donors (Lipinski definition) is 1. The number of aromatic nitrogens is 2. The molecule has 1 atom stereocenters. The van der Waals surface area contributed by atoms with Crippen molar-refractivity contribution >= 4 is 11.9 Å². The highest BCUT2D eigenvalue weighted by atomic mass is 19.1. The van der Waals surface area contributed by atoms with Crippen LogP contribution in [0.15, 0.2) is 30.5 Å². The molecule has 1 amide bonds. The van der Waals surface area contributed by atoms with Crippen LogP contribution in [-0.2, 0) is 9.53 Å². The van der Waals surface area contributed by atoms with E-state index >= 15 is 0 Å². The molecular formula is C16H16FN3O3. The fraction of sp³-hybridized carbons (Fsp3) is 0.312. The number of carbonyl (C=O) groups is 2. The Labute approximate surface area is 132 Å². The predicted octanol–water partition coefficient (Wildman–Crippen LogP) is 1.99. The van der Waals surface area contributed by atoms with Gasteiger partial charge in [0, 0.05) is 25.5 Å². The van der Waals surface area contributed by atoms with Gasteiger partial charge in [-0.25, -0.2) is 9.18 Å². The maximum absolute atomic E-state index is 13.0. The molecule has 0 unspecified atom stereocenters. The van der Waals surface area contributed by atoms with Crippen LogP contribution < -0.4 is 0 Å². The molecule has 0 spiro atoms. The van der Waals surface area contributed by atoms with E-state index in [1.165, 1.54) is 25.3 Å². The number of benzene rings is 1. The quantitative estimate of drug-likeness (QED) is 0.879. The topological polar surface area (TPSA) is 75.3 Å². The van der Waals surface area contributed by atoms with Gasteiger partial charge in [-0.1, -0.05) is 0 Å². The summed E-state index contributed by atoms with van der Waals surface area (Å²) in [5.74, 6) is -0.889. The molecule has 1 N–H and O–H groups in total. The minimum atomic E-state index is -0.506. The van der Waals surface area contributed by atoms with Gasteiger partial charge in [0.2, 0.25) is 5.91 Å². The first kappa shape index (κ1) is 15.2. The molecule has 2 heterocycles. The lowest BCUT2D eigenvalue weighted by Gasteiger charge is -2.14. The number of amides is 1. The summed E-state index contributed by atoms with van der Waals surface area (Å²) < 4.78 is 18.5. The maximum Gasteiger partial charge on any atom is 0.342 e. The van der Waals surface area contributed by atoms with Crippen LogP contribution >= 0.6 is 0 Å². The van der Waals surface area contributed by atoms with E-state index in [1.54, 1.807) is 17.0 Å². The highest BCUT2D eigenvalue weighted by Gasteiger charge is 2.28. The molecule has 1 saturated heterocycles. The average molecular weight is 317 g/mol. The number of rotatable bonds is 3. The lowest BCUT2D eigenvalue weighted by molar-refractivity contribution is -0.128. The van der Waals surface area contributed by atoms with Crippen LogP contribution in [0.2, 0.25) is 0 Å². The highest BCUT2D eigenvalue weighted by molar-refractivity contribution is 5.96. The summed E-state index contributed by atoms with van der Waals surface area (Å²) in [6, 6.07) is 5.75. The van der Waals surface area contributed by atoms with Crippen LogP contribution in [0.3, 0.4) is 0 Å². The fourth-order valence-electron chi connectivity index (χ4n) is 2.60. The largest absolute Gasteiger partial charge is 0.457 e. The first-order valence-electron chi connectivity index (χ1n) is 7.30. The summed E-state index contributed by atoms with van der Waals surface area (Å²) in [5, 5.41) is 6.61. The van der Waals surface area contributed by atoms with Gasteiger partial charge in [0.1, 0.15) is 17.5 Å². The molecule has 1 aromatic carbocycles. The smallest absolute Gasteiger partial charge is 0.342 e. The van der Waals surface area contributed by atoms with E-state index in [0.717, 1.165) is 0 Å². The number of nitrogens with zero attached hydrogens (tertiary/aromatic N) is 2. The lowest BCUT2D eigenvalue weighted by Crippen LogP contribution is -2.28. The Hall–Kier alpha value is -2.70. The SMILES string of the molecule is CC(=O)N1CC[C@@H](OC(=O)c2cn[nH]c2-c2ccc(F)cc2)C1. The van der Waals surface area contributed by atoms with Crippen molar-refractivity contribution in [1.82, 2.24) is 15.1 Å². The van der Waals surface area contributed by atoms with Crippen molar-refractivity contribution in [3.05, 3.63) is 41.8 Å². The molecule has 23 heavy (non-hydrogen) atoms. The van der Waals surface area contributed by atoms with Crippen LogP contribution in [0.25, 0.3) is 11.3 Å². The van der Waals surface area contributed by atoms with Gasteiger partial charge in [-0.2, -0.15) is 5.10 Å². The van der Waals surface area contributed by atoms with Crippen molar-refractivity contribution in [3.63, 3.8) is 0 Å². The number of likely N-dealkylation sites (tertiary alicyclic amines) is 1. The first-order valence-corrected chi connectivity index (χ1v) is 7.30. The van der Waals surface area contributed by atoms with Crippen molar-refractivity contribution in [2.24, 2.45) is 0 Å². The Balaban J connectivity index is 1.73. The monoisotopic (exact) mass is 317 g/mol. The Morgan fingerprint density at radius 1 is 1.35 bits per heavy atom. The summed E-state index contributed by atoms with van der Waals surface area (Å²) >= 11 is 0. The van der Waals surface area contributed by atoms with Crippen molar-refractivity contribution in [1.29, 1.82) is 0 Å². The molecule has 1 aliphatic heterocycles. The second-order valence-corrected chi connectivity index (χ2v) is 5.45. The van der Waals surface area contributed by atoms with Crippen molar-refractivity contribution in [2.75, 3.05) is 13.1 Å². The maximum atomic E-state index is 13.0. The third-order valence-electron chi connectivity index (χ3n) is 3.86. The standard InChI is InChI=1S/C16H16FN3O3/c1-10(21)20-7-6-13(9-20)23-16(22)14-8-18-19-15(14)11-2-4-12(17)5-3-11/h2-5,8,13H,6-7,9H2,1H3,(H,18,19)/t13-/m1/s1.